The van der Waals surface area contributed by atoms with Crippen LogP contribution in [0.4, 0.5) is 5.69 Å². The Morgan fingerprint density at radius 2 is 1.84 bits per heavy atom. The van der Waals surface area contributed by atoms with Gasteiger partial charge in [0.05, 0.1) is 10.7 Å². The quantitative estimate of drug-likeness (QED) is 0.918. The number of likely N-dealkylation sites (tertiary alicyclic amines) is 1. The summed E-state index contributed by atoms with van der Waals surface area (Å²) in [5, 5.41) is 3.86. The maximum absolute atomic E-state index is 12.4. The van der Waals surface area contributed by atoms with E-state index in [9.17, 15) is 4.79 Å². The van der Waals surface area contributed by atoms with E-state index in [1.807, 2.05) is 36.1 Å². The molecule has 0 radical (unpaired) electrons. The SMILES string of the molecule is CC(Nc1ccccc1Cl)C(=O)N1CCCCCC1. The van der Waals surface area contributed by atoms with E-state index in [4.69, 9.17) is 11.6 Å². The largest absolute Gasteiger partial charge is 0.373 e. The van der Waals surface area contributed by atoms with Crippen LogP contribution in [0.3, 0.4) is 0 Å². The van der Waals surface area contributed by atoms with E-state index < -0.39 is 0 Å². The van der Waals surface area contributed by atoms with Gasteiger partial charge in [0.2, 0.25) is 5.91 Å². The first kappa shape index (κ1) is 14.2. The lowest BCUT2D eigenvalue weighted by molar-refractivity contribution is -0.131. The molecule has 2 rings (SSSR count). The van der Waals surface area contributed by atoms with E-state index in [0.29, 0.717) is 5.02 Å². The van der Waals surface area contributed by atoms with Crippen molar-refractivity contribution in [3.8, 4) is 0 Å². The zero-order chi connectivity index (χ0) is 13.7. The summed E-state index contributed by atoms with van der Waals surface area (Å²) < 4.78 is 0. The highest BCUT2D eigenvalue weighted by Crippen LogP contribution is 2.22. The number of hydrogen-bond acceptors (Lipinski definition) is 2. The Hall–Kier alpha value is -1.22. The zero-order valence-corrected chi connectivity index (χ0v) is 12.1. The van der Waals surface area contributed by atoms with Gasteiger partial charge in [0, 0.05) is 13.1 Å². The summed E-state index contributed by atoms with van der Waals surface area (Å²) in [5.74, 6) is 0.168. The molecule has 1 amide bonds. The summed E-state index contributed by atoms with van der Waals surface area (Å²) in [5.41, 5.74) is 0.819. The summed E-state index contributed by atoms with van der Waals surface area (Å²) in [6.07, 6.45) is 4.70. The van der Waals surface area contributed by atoms with Gasteiger partial charge in [-0.05, 0) is 31.9 Å². The smallest absolute Gasteiger partial charge is 0.244 e. The van der Waals surface area contributed by atoms with Crippen LogP contribution >= 0.6 is 11.6 Å². The number of carbonyl (C=O) groups excluding carboxylic acids is 1. The van der Waals surface area contributed by atoms with Gasteiger partial charge in [-0.25, -0.2) is 0 Å². The standard InChI is InChI=1S/C15H21ClN2O/c1-12(17-14-9-5-4-8-13(14)16)15(19)18-10-6-2-3-7-11-18/h4-5,8-9,12,17H,2-3,6-7,10-11H2,1H3. The van der Waals surface area contributed by atoms with Crippen LogP contribution in [-0.4, -0.2) is 29.9 Å². The molecule has 1 aromatic rings. The van der Waals surface area contributed by atoms with Crippen LogP contribution in [0.15, 0.2) is 24.3 Å². The lowest BCUT2D eigenvalue weighted by Gasteiger charge is -2.25. The van der Waals surface area contributed by atoms with E-state index in [2.05, 4.69) is 5.32 Å². The average molecular weight is 281 g/mol. The Labute approximate surface area is 119 Å². The van der Waals surface area contributed by atoms with Crippen molar-refractivity contribution in [1.29, 1.82) is 0 Å². The van der Waals surface area contributed by atoms with Crippen LogP contribution in [0.1, 0.15) is 32.6 Å². The Balaban J connectivity index is 1.97. The van der Waals surface area contributed by atoms with E-state index >= 15 is 0 Å². The van der Waals surface area contributed by atoms with Gasteiger partial charge < -0.3 is 10.2 Å². The third-order valence-corrected chi connectivity index (χ3v) is 3.86. The van der Waals surface area contributed by atoms with E-state index in [1.165, 1.54) is 12.8 Å². The second-order valence-electron chi connectivity index (χ2n) is 5.09. The molecule has 0 saturated carbocycles. The number of halogens is 1. The molecule has 1 saturated heterocycles. The molecule has 1 atom stereocenters. The van der Waals surface area contributed by atoms with Crippen LogP contribution in [0.5, 0.6) is 0 Å². The van der Waals surface area contributed by atoms with Crippen LogP contribution in [0.2, 0.25) is 5.02 Å². The highest BCUT2D eigenvalue weighted by atomic mass is 35.5. The van der Waals surface area contributed by atoms with Gasteiger partial charge in [-0.2, -0.15) is 0 Å². The number of rotatable bonds is 3. The molecule has 1 fully saturated rings. The first-order valence-electron chi connectivity index (χ1n) is 6.98. The molecule has 4 heteroatoms. The Morgan fingerprint density at radius 3 is 2.47 bits per heavy atom. The van der Waals surface area contributed by atoms with Crippen LogP contribution in [-0.2, 0) is 4.79 Å². The third kappa shape index (κ3) is 3.87. The summed E-state index contributed by atoms with van der Waals surface area (Å²) >= 11 is 6.10. The molecule has 1 aliphatic rings. The van der Waals surface area contributed by atoms with Crippen molar-refractivity contribution in [3.05, 3.63) is 29.3 Å². The highest BCUT2D eigenvalue weighted by Gasteiger charge is 2.21. The van der Waals surface area contributed by atoms with Gasteiger partial charge in [-0.1, -0.05) is 36.6 Å². The Bertz CT molecular complexity index is 428. The van der Waals surface area contributed by atoms with E-state index in [-0.39, 0.29) is 11.9 Å². The van der Waals surface area contributed by atoms with Crippen molar-refractivity contribution in [2.45, 2.75) is 38.6 Å². The van der Waals surface area contributed by atoms with Crippen LogP contribution < -0.4 is 5.32 Å². The first-order chi connectivity index (χ1) is 9.18. The molecule has 1 aromatic carbocycles. The predicted molar refractivity (Wildman–Crippen MR) is 79.6 cm³/mol. The fourth-order valence-corrected chi connectivity index (χ4v) is 2.63. The fourth-order valence-electron chi connectivity index (χ4n) is 2.44. The van der Waals surface area contributed by atoms with Crippen molar-refractivity contribution < 1.29 is 4.79 Å². The topological polar surface area (TPSA) is 32.3 Å². The molecule has 0 spiro atoms. The Morgan fingerprint density at radius 1 is 1.21 bits per heavy atom. The van der Waals surface area contributed by atoms with Gasteiger partial charge in [-0.15, -0.1) is 0 Å². The van der Waals surface area contributed by atoms with E-state index in [0.717, 1.165) is 31.6 Å². The van der Waals surface area contributed by atoms with Gasteiger partial charge in [0.1, 0.15) is 6.04 Å². The predicted octanol–water partition coefficient (Wildman–Crippen LogP) is 3.54. The normalized spacial score (nSPS) is 17.7. The van der Waals surface area contributed by atoms with Gasteiger partial charge >= 0.3 is 0 Å². The van der Waals surface area contributed by atoms with Crippen molar-refractivity contribution in [2.24, 2.45) is 0 Å². The molecule has 1 aliphatic heterocycles. The first-order valence-corrected chi connectivity index (χ1v) is 7.36. The molecular weight excluding hydrogens is 260 g/mol. The highest BCUT2D eigenvalue weighted by molar-refractivity contribution is 6.33. The van der Waals surface area contributed by atoms with Crippen molar-refractivity contribution >= 4 is 23.2 Å². The molecule has 0 aromatic heterocycles. The van der Waals surface area contributed by atoms with E-state index in [1.54, 1.807) is 0 Å². The molecular formula is C15H21ClN2O. The van der Waals surface area contributed by atoms with Crippen molar-refractivity contribution in [2.75, 3.05) is 18.4 Å². The number of benzene rings is 1. The van der Waals surface area contributed by atoms with Gasteiger partial charge in [-0.3, -0.25) is 4.79 Å². The number of anilines is 1. The molecule has 0 bridgehead atoms. The fraction of sp³-hybridized carbons (Fsp3) is 0.533. The minimum absolute atomic E-state index is 0.168. The van der Waals surface area contributed by atoms with Crippen molar-refractivity contribution in [1.82, 2.24) is 4.90 Å². The minimum Gasteiger partial charge on any atom is -0.373 e. The summed E-state index contributed by atoms with van der Waals surface area (Å²) in [6, 6.07) is 7.28. The number of para-hydroxylation sites is 1. The molecule has 3 nitrogen and oxygen atoms in total. The second kappa shape index (κ2) is 6.80. The van der Waals surface area contributed by atoms with Crippen molar-refractivity contribution in [3.63, 3.8) is 0 Å². The summed E-state index contributed by atoms with van der Waals surface area (Å²) in [7, 11) is 0. The third-order valence-electron chi connectivity index (χ3n) is 3.53. The molecule has 1 heterocycles. The summed E-state index contributed by atoms with van der Waals surface area (Å²) in [4.78, 5) is 14.4. The second-order valence-corrected chi connectivity index (χ2v) is 5.49. The van der Waals surface area contributed by atoms with Crippen LogP contribution in [0.25, 0.3) is 0 Å². The monoisotopic (exact) mass is 280 g/mol. The average Bonchev–Trinajstić information content (AvgIpc) is 2.69. The zero-order valence-electron chi connectivity index (χ0n) is 11.4. The van der Waals surface area contributed by atoms with Gasteiger partial charge in [0.25, 0.3) is 0 Å². The van der Waals surface area contributed by atoms with Gasteiger partial charge in [0.15, 0.2) is 0 Å². The molecule has 1 unspecified atom stereocenters. The lowest BCUT2D eigenvalue weighted by Crippen LogP contribution is -2.41. The van der Waals surface area contributed by atoms with Crippen LogP contribution in [0, 0.1) is 0 Å². The lowest BCUT2D eigenvalue weighted by atomic mass is 10.2. The Kier molecular flexibility index (Phi) is 5.08. The molecule has 19 heavy (non-hydrogen) atoms. The molecule has 0 aliphatic carbocycles. The number of carbonyl (C=O) groups is 1. The molecule has 1 N–H and O–H groups in total. The number of amides is 1. The number of hydrogen-bond donors (Lipinski definition) is 1. The summed E-state index contributed by atoms with van der Waals surface area (Å²) in [6.45, 7) is 3.66. The number of nitrogens with zero attached hydrogens (tertiary/aromatic N) is 1. The maximum Gasteiger partial charge on any atom is 0.244 e. The molecule has 104 valence electrons. The minimum atomic E-state index is -0.238. The number of nitrogens with one attached hydrogen (secondary N) is 1. The maximum atomic E-state index is 12.4.